The second-order valence-corrected chi connectivity index (χ2v) is 6.16. The van der Waals surface area contributed by atoms with Crippen molar-refractivity contribution in [2.75, 3.05) is 37.6 Å². The predicted octanol–water partition coefficient (Wildman–Crippen LogP) is 0.421. The van der Waals surface area contributed by atoms with E-state index in [1.165, 1.54) is 0 Å². The lowest BCUT2D eigenvalue weighted by atomic mass is 10.1. The largest absolute Gasteiger partial charge is 0.338 e. The Morgan fingerprint density at radius 1 is 0.885 bits per heavy atom. The number of benzene rings is 1. The first kappa shape index (κ1) is 16.2. The Kier molecular flexibility index (Phi) is 4.08. The lowest BCUT2D eigenvalue weighted by molar-refractivity contribution is -0.131. The molecule has 0 aliphatic carbocycles. The molecule has 1 saturated heterocycles. The van der Waals surface area contributed by atoms with Gasteiger partial charge in [0.1, 0.15) is 6.54 Å². The number of hydrogen-bond acceptors (Lipinski definition) is 6. The molecule has 0 atom stereocenters. The summed E-state index contributed by atoms with van der Waals surface area (Å²) in [6.45, 7) is 1.99. The Morgan fingerprint density at radius 3 is 2.04 bits per heavy atom. The van der Waals surface area contributed by atoms with Gasteiger partial charge in [0.05, 0.1) is 11.1 Å². The van der Waals surface area contributed by atoms with Crippen LogP contribution >= 0.6 is 0 Å². The van der Waals surface area contributed by atoms with Gasteiger partial charge in [0.25, 0.3) is 11.8 Å². The van der Waals surface area contributed by atoms with Gasteiger partial charge < -0.3 is 9.80 Å². The van der Waals surface area contributed by atoms with Gasteiger partial charge in [-0.3, -0.25) is 19.3 Å². The summed E-state index contributed by atoms with van der Waals surface area (Å²) >= 11 is 0. The minimum absolute atomic E-state index is 0.228. The number of carbonyl (C=O) groups is 3. The van der Waals surface area contributed by atoms with Crippen LogP contribution in [-0.4, -0.2) is 70.2 Å². The van der Waals surface area contributed by atoms with E-state index in [1.54, 1.807) is 47.6 Å². The van der Waals surface area contributed by atoms with Crippen LogP contribution in [0.4, 0.5) is 5.95 Å². The first-order chi connectivity index (χ1) is 12.6. The zero-order chi connectivity index (χ0) is 18.1. The van der Waals surface area contributed by atoms with Crippen LogP contribution in [0.5, 0.6) is 0 Å². The first-order valence-corrected chi connectivity index (χ1v) is 8.40. The second-order valence-electron chi connectivity index (χ2n) is 6.16. The summed E-state index contributed by atoms with van der Waals surface area (Å²) in [6, 6.07) is 8.39. The van der Waals surface area contributed by atoms with Crippen LogP contribution in [0.1, 0.15) is 20.7 Å². The standard InChI is InChI=1S/C18H17N5O3/c24-15(12-23-16(25)13-4-1-2-5-14(13)17(23)26)21-8-10-22(11-9-21)18-19-6-3-7-20-18/h1-7H,8-12H2. The molecule has 0 radical (unpaired) electrons. The maximum atomic E-state index is 12.6. The van der Waals surface area contributed by atoms with E-state index < -0.39 is 11.8 Å². The molecule has 1 aromatic carbocycles. The zero-order valence-corrected chi connectivity index (χ0v) is 14.0. The highest BCUT2D eigenvalue weighted by atomic mass is 16.2. The molecule has 0 spiro atoms. The molecule has 8 heteroatoms. The van der Waals surface area contributed by atoms with Crippen molar-refractivity contribution in [3.63, 3.8) is 0 Å². The van der Waals surface area contributed by atoms with Gasteiger partial charge in [-0.25, -0.2) is 9.97 Å². The fourth-order valence-electron chi connectivity index (χ4n) is 3.23. The quantitative estimate of drug-likeness (QED) is 0.745. The third kappa shape index (κ3) is 2.79. The van der Waals surface area contributed by atoms with E-state index in [1.807, 2.05) is 4.90 Å². The molecule has 8 nitrogen and oxygen atoms in total. The van der Waals surface area contributed by atoms with Crippen molar-refractivity contribution in [2.24, 2.45) is 0 Å². The molecule has 0 unspecified atom stereocenters. The molecule has 0 bridgehead atoms. The number of rotatable bonds is 3. The molecule has 132 valence electrons. The highest BCUT2D eigenvalue weighted by molar-refractivity contribution is 6.22. The summed E-state index contributed by atoms with van der Waals surface area (Å²) in [6.07, 6.45) is 3.37. The summed E-state index contributed by atoms with van der Waals surface area (Å²) in [4.78, 5) is 50.4. The molecule has 2 aliphatic rings. The summed E-state index contributed by atoms with van der Waals surface area (Å²) in [5, 5.41) is 0. The average molecular weight is 351 g/mol. The highest BCUT2D eigenvalue weighted by Gasteiger charge is 2.37. The smallest absolute Gasteiger partial charge is 0.262 e. The van der Waals surface area contributed by atoms with Crippen LogP contribution in [0.15, 0.2) is 42.7 Å². The van der Waals surface area contributed by atoms with Crippen molar-refractivity contribution in [2.45, 2.75) is 0 Å². The lowest BCUT2D eigenvalue weighted by Gasteiger charge is -2.35. The normalized spacial score (nSPS) is 16.8. The van der Waals surface area contributed by atoms with Gasteiger partial charge in [-0.2, -0.15) is 0 Å². The van der Waals surface area contributed by atoms with Crippen molar-refractivity contribution >= 4 is 23.7 Å². The van der Waals surface area contributed by atoms with Crippen molar-refractivity contribution in [3.05, 3.63) is 53.9 Å². The molecule has 0 saturated carbocycles. The molecule has 3 heterocycles. The van der Waals surface area contributed by atoms with E-state index >= 15 is 0 Å². The van der Waals surface area contributed by atoms with Crippen LogP contribution in [0, 0.1) is 0 Å². The minimum Gasteiger partial charge on any atom is -0.338 e. The summed E-state index contributed by atoms with van der Waals surface area (Å²) < 4.78 is 0. The van der Waals surface area contributed by atoms with E-state index in [0.717, 1.165) is 4.90 Å². The molecule has 1 fully saturated rings. The van der Waals surface area contributed by atoms with Gasteiger partial charge in [-0.1, -0.05) is 12.1 Å². The Balaban J connectivity index is 1.38. The second kappa shape index (κ2) is 6.55. The van der Waals surface area contributed by atoms with Crippen molar-refractivity contribution in [1.29, 1.82) is 0 Å². The molecular weight excluding hydrogens is 334 g/mol. The van der Waals surface area contributed by atoms with Gasteiger partial charge in [-0.15, -0.1) is 0 Å². The number of amides is 3. The molecule has 4 rings (SSSR count). The van der Waals surface area contributed by atoms with Crippen LogP contribution in [0.25, 0.3) is 0 Å². The summed E-state index contributed by atoms with van der Waals surface area (Å²) in [5.41, 5.74) is 0.715. The van der Waals surface area contributed by atoms with Gasteiger partial charge >= 0.3 is 0 Å². The maximum absolute atomic E-state index is 12.6. The molecule has 0 N–H and O–H groups in total. The molecule has 2 aromatic rings. The third-order valence-electron chi connectivity index (χ3n) is 4.64. The average Bonchev–Trinajstić information content (AvgIpc) is 2.94. The Hall–Kier alpha value is -3.29. The third-order valence-corrected chi connectivity index (χ3v) is 4.64. The van der Waals surface area contributed by atoms with E-state index in [0.29, 0.717) is 43.3 Å². The van der Waals surface area contributed by atoms with Crippen molar-refractivity contribution in [3.8, 4) is 0 Å². The summed E-state index contributed by atoms with van der Waals surface area (Å²) in [5.74, 6) is -0.404. The number of imide groups is 1. The van der Waals surface area contributed by atoms with E-state index in [2.05, 4.69) is 9.97 Å². The summed E-state index contributed by atoms with van der Waals surface area (Å²) in [7, 11) is 0. The molecule has 1 aromatic heterocycles. The first-order valence-electron chi connectivity index (χ1n) is 8.40. The highest BCUT2D eigenvalue weighted by Crippen LogP contribution is 2.22. The van der Waals surface area contributed by atoms with Crippen LogP contribution < -0.4 is 4.90 Å². The van der Waals surface area contributed by atoms with E-state index in [4.69, 9.17) is 0 Å². The number of nitrogens with zero attached hydrogens (tertiary/aromatic N) is 5. The number of piperazine rings is 1. The van der Waals surface area contributed by atoms with Gasteiger partial charge in [0, 0.05) is 38.6 Å². The van der Waals surface area contributed by atoms with Gasteiger partial charge in [-0.05, 0) is 18.2 Å². The van der Waals surface area contributed by atoms with E-state index in [9.17, 15) is 14.4 Å². The number of hydrogen-bond donors (Lipinski definition) is 0. The molecule has 2 aliphatic heterocycles. The maximum Gasteiger partial charge on any atom is 0.262 e. The SMILES string of the molecule is O=C(CN1C(=O)c2ccccc2C1=O)N1CCN(c2ncccn2)CC1. The van der Waals surface area contributed by atoms with Crippen LogP contribution in [0.3, 0.4) is 0 Å². The fourth-order valence-corrected chi connectivity index (χ4v) is 3.23. The molecular formula is C18H17N5O3. The zero-order valence-electron chi connectivity index (χ0n) is 14.0. The van der Waals surface area contributed by atoms with Crippen molar-refractivity contribution in [1.82, 2.24) is 19.8 Å². The van der Waals surface area contributed by atoms with Crippen LogP contribution in [-0.2, 0) is 4.79 Å². The van der Waals surface area contributed by atoms with Crippen molar-refractivity contribution < 1.29 is 14.4 Å². The Morgan fingerprint density at radius 2 is 1.46 bits per heavy atom. The van der Waals surface area contributed by atoms with Gasteiger partial charge in [0.15, 0.2) is 0 Å². The lowest BCUT2D eigenvalue weighted by Crippen LogP contribution is -2.52. The Bertz CT molecular complexity index is 827. The molecule has 3 amide bonds. The molecule has 26 heavy (non-hydrogen) atoms. The number of fused-ring (bicyclic) bond motifs is 1. The van der Waals surface area contributed by atoms with Crippen LogP contribution in [0.2, 0.25) is 0 Å². The Labute approximate surface area is 150 Å². The predicted molar refractivity (Wildman–Crippen MR) is 92.6 cm³/mol. The number of aromatic nitrogens is 2. The minimum atomic E-state index is -0.407. The number of carbonyl (C=O) groups excluding carboxylic acids is 3. The number of anilines is 1. The van der Waals surface area contributed by atoms with Gasteiger partial charge in [0.2, 0.25) is 11.9 Å². The fraction of sp³-hybridized carbons (Fsp3) is 0.278. The van der Waals surface area contributed by atoms with E-state index in [-0.39, 0.29) is 12.5 Å². The topological polar surface area (TPSA) is 86.7 Å². The monoisotopic (exact) mass is 351 g/mol.